The molecule has 1 atom stereocenters. The summed E-state index contributed by atoms with van der Waals surface area (Å²) in [7, 11) is 0. The van der Waals surface area contributed by atoms with Gasteiger partial charge in [-0.05, 0) is 18.2 Å². The zero-order valence-corrected chi connectivity index (χ0v) is 13.9. The summed E-state index contributed by atoms with van der Waals surface area (Å²) >= 11 is 0. The van der Waals surface area contributed by atoms with Crippen molar-refractivity contribution in [2.45, 2.75) is 45.1 Å². The first-order valence-electron chi connectivity index (χ1n) is 7.86. The maximum atomic E-state index is 15.0. The Hall–Kier alpha value is -2.00. The lowest BCUT2D eigenvalue weighted by Gasteiger charge is -2.36. The van der Waals surface area contributed by atoms with E-state index in [4.69, 9.17) is 4.74 Å². The van der Waals surface area contributed by atoms with Crippen molar-refractivity contribution >= 4 is 11.6 Å². The summed E-state index contributed by atoms with van der Waals surface area (Å²) in [6.07, 6.45) is -0.308. The Labute approximate surface area is 139 Å². The van der Waals surface area contributed by atoms with E-state index >= 15 is 8.78 Å². The molecule has 6 heteroatoms. The van der Waals surface area contributed by atoms with Crippen LogP contribution >= 0.6 is 0 Å². The highest BCUT2D eigenvalue weighted by molar-refractivity contribution is 5.93. The fraction of sp³-hybridized carbons (Fsp3) is 0.500. The van der Waals surface area contributed by atoms with E-state index in [1.54, 1.807) is 20.8 Å². The zero-order valence-electron chi connectivity index (χ0n) is 13.9. The molecular weight excluding hydrogens is 319 g/mol. The number of anilines is 1. The first-order valence-corrected chi connectivity index (χ1v) is 7.86. The number of halogens is 3. The van der Waals surface area contributed by atoms with Crippen molar-refractivity contribution in [3.05, 3.63) is 29.6 Å². The van der Waals surface area contributed by atoms with Gasteiger partial charge in [0.1, 0.15) is 12.4 Å². The number of nitrogens with one attached hydrogen (secondary N) is 1. The third-order valence-corrected chi connectivity index (χ3v) is 3.67. The number of ether oxygens (including phenoxy) is 1. The fourth-order valence-electron chi connectivity index (χ4n) is 2.59. The van der Waals surface area contributed by atoms with Crippen LogP contribution < -0.4 is 5.32 Å². The summed E-state index contributed by atoms with van der Waals surface area (Å²) in [6.45, 7) is 4.54. The molecule has 1 aliphatic rings. The van der Waals surface area contributed by atoms with E-state index < -0.39 is 36.3 Å². The molecule has 1 heterocycles. The number of hydrogen-bond donors (Lipinski definition) is 1. The predicted molar refractivity (Wildman–Crippen MR) is 85.1 cm³/mol. The van der Waals surface area contributed by atoms with Crippen molar-refractivity contribution < 1.29 is 22.7 Å². The average molecular weight is 339 g/mol. The molecule has 1 unspecified atom stereocenters. The van der Waals surface area contributed by atoms with Crippen LogP contribution in [0.2, 0.25) is 0 Å². The lowest BCUT2D eigenvalue weighted by molar-refractivity contribution is -0.187. The van der Waals surface area contributed by atoms with E-state index in [9.17, 15) is 9.18 Å². The Morgan fingerprint density at radius 2 is 2.12 bits per heavy atom. The van der Waals surface area contributed by atoms with Gasteiger partial charge >= 0.3 is 0 Å². The second kappa shape index (κ2) is 6.86. The number of rotatable bonds is 3. The fourth-order valence-corrected chi connectivity index (χ4v) is 2.59. The molecule has 0 bridgehead atoms. The smallest absolute Gasteiger partial charge is 0.292 e. The summed E-state index contributed by atoms with van der Waals surface area (Å²) in [4.78, 5) is 11.8. The molecule has 2 rings (SSSR count). The second-order valence-corrected chi connectivity index (χ2v) is 6.09. The van der Waals surface area contributed by atoms with Crippen LogP contribution in [0.15, 0.2) is 18.2 Å². The minimum absolute atomic E-state index is 0.0905. The third-order valence-electron chi connectivity index (χ3n) is 3.67. The summed E-state index contributed by atoms with van der Waals surface area (Å²) in [5.74, 6) is 0.373. The molecule has 24 heavy (non-hydrogen) atoms. The number of hydrogen-bond acceptors (Lipinski definition) is 2. The van der Waals surface area contributed by atoms with Gasteiger partial charge in [0.05, 0.1) is 0 Å². The molecule has 0 fully saturated rings. The van der Waals surface area contributed by atoms with E-state index in [-0.39, 0.29) is 23.6 Å². The van der Waals surface area contributed by atoms with Crippen molar-refractivity contribution in [2.24, 2.45) is 5.92 Å². The van der Waals surface area contributed by atoms with Crippen molar-refractivity contribution in [3.8, 4) is 11.8 Å². The average Bonchev–Trinajstić information content (AvgIpc) is 2.62. The van der Waals surface area contributed by atoms with Crippen LogP contribution in [0.25, 0.3) is 0 Å². The van der Waals surface area contributed by atoms with Crippen LogP contribution in [-0.4, -0.2) is 18.4 Å². The molecular formula is C18H20F3NO2. The highest BCUT2D eigenvalue weighted by atomic mass is 19.3. The molecule has 0 aromatic heterocycles. The number of fused-ring (bicyclic) bond motifs is 1. The first kappa shape index (κ1) is 18.3. The van der Waals surface area contributed by atoms with Gasteiger partial charge in [-0.1, -0.05) is 39.0 Å². The number of benzene rings is 1. The molecule has 0 saturated carbocycles. The maximum absolute atomic E-state index is 15.0. The van der Waals surface area contributed by atoms with Crippen molar-refractivity contribution in [3.63, 3.8) is 0 Å². The van der Waals surface area contributed by atoms with Crippen LogP contribution in [0, 0.1) is 23.6 Å². The van der Waals surface area contributed by atoms with Crippen molar-refractivity contribution in [1.82, 2.24) is 0 Å². The van der Waals surface area contributed by atoms with Crippen molar-refractivity contribution in [1.29, 1.82) is 0 Å². The molecule has 1 N–H and O–H groups in total. The number of amides is 1. The normalized spacial score (nSPS) is 20.7. The number of carbonyl (C=O) groups is 1. The van der Waals surface area contributed by atoms with E-state index in [1.165, 1.54) is 6.07 Å². The molecule has 0 radical (unpaired) electrons. The van der Waals surface area contributed by atoms with E-state index in [0.29, 0.717) is 0 Å². The van der Waals surface area contributed by atoms with Gasteiger partial charge in [-0.2, -0.15) is 0 Å². The van der Waals surface area contributed by atoms with Crippen LogP contribution in [-0.2, 0) is 15.1 Å². The zero-order chi connectivity index (χ0) is 18.0. The predicted octanol–water partition coefficient (Wildman–Crippen LogP) is 4.08. The topological polar surface area (TPSA) is 38.3 Å². The Bertz CT molecular complexity index is 691. The quantitative estimate of drug-likeness (QED) is 0.843. The minimum Gasteiger partial charge on any atom is -0.342 e. The summed E-state index contributed by atoms with van der Waals surface area (Å²) in [5.41, 5.74) is -2.43. The van der Waals surface area contributed by atoms with Crippen molar-refractivity contribution in [2.75, 3.05) is 11.9 Å². The van der Waals surface area contributed by atoms with E-state index in [0.717, 1.165) is 12.1 Å². The molecule has 3 nitrogen and oxygen atoms in total. The van der Waals surface area contributed by atoms with Gasteiger partial charge < -0.3 is 10.1 Å². The van der Waals surface area contributed by atoms with Crippen LogP contribution in [0.3, 0.4) is 0 Å². The maximum Gasteiger partial charge on any atom is 0.292 e. The summed E-state index contributed by atoms with van der Waals surface area (Å²) in [5, 5.41) is 2.47. The van der Waals surface area contributed by atoms with Crippen LogP contribution in [0.1, 0.15) is 39.2 Å². The van der Waals surface area contributed by atoms with Gasteiger partial charge in [-0.3, -0.25) is 4.79 Å². The molecule has 1 aliphatic heterocycles. The lowest BCUT2D eigenvalue weighted by atomic mass is 9.83. The van der Waals surface area contributed by atoms with E-state index in [1.807, 2.05) is 0 Å². The van der Waals surface area contributed by atoms with Gasteiger partial charge in [0.2, 0.25) is 11.5 Å². The Kier molecular flexibility index (Phi) is 5.24. The summed E-state index contributed by atoms with van der Waals surface area (Å²) < 4.78 is 49.2. The number of alkyl halides is 2. The highest BCUT2D eigenvalue weighted by Gasteiger charge is 2.57. The van der Waals surface area contributed by atoms with Gasteiger partial charge in [0.15, 0.2) is 0 Å². The molecule has 1 amide bonds. The third kappa shape index (κ3) is 3.41. The first-order chi connectivity index (χ1) is 11.2. The molecule has 0 saturated heterocycles. The monoisotopic (exact) mass is 339 g/mol. The summed E-state index contributed by atoms with van der Waals surface area (Å²) in [6, 6.07) is 3.31. The lowest BCUT2D eigenvalue weighted by Crippen LogP contribution is -2.47. The van der Waals surface area contributed by atoms with Gasteiger partial charge in [-0.15, -0.1) is 0 Å². The standard InChI is InChI=1S/C18H20F3NO2/c1-4-8-18(20,21)17(9-7-12(2)3)14-10-13(19)5-6-15(14)22-16(23)11-24-17/h5-6,10,12H,4,8,11H2,1-3H3,(H,22,23). The molecule has 130 valence electrons. The van der Waals surface area contributed by atoms with Gasteiger partial charge in [-0.25, -0.2) is 13.2 Å². The van der Waals surface area contributed by atoms with Gasteiger partial charge in [0, 0.05) is 23.6 Å². The Morgan fingerprint density at radius 3 is 2.75 bits per heavy atom. The Balaban J connectivity index is 2.76. The molecule has 1 aromatic carbocycles. The Morgan fingerprint density at radius 1 is 1.42 bits per heavy atom. The molecule has 0 spiro atoms. The second-order valence-electron chi connectivity index (χ2n) is 6.09. The molecule has 1 aromatic rings. The molecule has 0 aliphatic carbocycles. The van der Waals surface area contributed by atoms with Gasteiger partial charge in [0.25, 0.3) is 5.92 Å². The highest BCUT2D eigenvalue weighted by Crippen LogP contribution is 2.47. The van der Waals surface area contributed by atoms with Crippen LogP contribution in [0.5, 0.6) is 0 Å². The van der Waals surface area contributed by atoms with Crippen LogP contribution in [0.4, 0.5) is 18.9 Å². The number of carbonyl (C=O) groups excluding carboxylic acids is 1. The van der Waals surface area contributed by atoms with E-state index in [2.05, 4.69) is 17.2 Å². The largest absolute Gasteiger partial charge is 0.342 e. The minimum atomic E-state index is -3.39. The SMILES string of the molecule is CCCC(F)(F)C1(C#CC(C)C)OCC(=O)Nc2ccc(F)cc21.